The molecule has 6 rings (SSSR count). The van der Waals surface area contributed by atoms with Crippen LogP contribution >= 0.6 is 0 Å². The molecule has 282 valence electrons. The molecule has 1 aromatic heterocycles. The molecule has 16 nitrogen and oxygen atoms in total. The summed E-state index contributed by atoms with van der Waals surface area (Å²) in [6, 6.07) is 9.96. The van der Waals surface area contributed by atoms with Crippen LogP contribution in [0.3, 0.4) is 0 Å². The van der Waals surface area contributed by atoms with Gasteiger partial charge in [-0.3, -0.25) is 24.0 Å². The number of anilines is 1. The Kier molecular flexibility index (Phi) is 12.6. The van der Waals surface area contributed by atoms with E-state index in [0.717, 1.165) is 5.56 Å². The first kappa shape index (κ1) is 38.6. The van der Waals surface area contributed by atoms with E-state index >= 15 is 0 Å². The number of hydrogen-bond acceptors (Lipinski definition) is 9. The molecule has 3 aliphatic heterocycles. The minimum Gasteiger partial charge on any atom is -0.480 e. The van der Waals surface area contributed by atoms with E-state index in [0.29, 0.717) is 16.9 Å². The molecule has 6 bridgehead atoms. The lowest BCUT2D eigenvalue weighted by atomic mass is 10.0. The lowest BCUT2D eigenvalue weighted by Crippen LogP contribution is -2.59. The molecule has 3 aliphatic rings. The lowest BCUT2D eigenvalue weighted by molar-refractivity contribution is -0.144. The fourth-order valence-electron chi connectivity index (χ4n) is 6.43. The van der Waals surface area contributed by atoms with Crippen molar-refractivity contribution in [1.29, 1.82) is 0 Å². The molecule has 5 amide bonds. The summed E-state index contributed by atoms with van der Waals surface area (Å²) in [4.78, 5) is 82.0. The highest BCUT2D eigenvalue weighted by molar-refractivity contribution is 5.96. The monoisotopic (exact) mass is 729 g/mol. The van der Waals surface area contributed by atoms with Crippen LogP contribution in [-0.2, 0) is 48.0 Å². The molecule has 6 N–H and O–H groups in total. The molecule has 53 heavy (non-hydrogen) atoms. The van der Waals surface area contributed by atoms with Crippen molar-refractivity contribution in [3.63, 3.8) is 0 Å². The number of aliphatic carboxylic acids is 1. The molecule has 2 aromatic carbocycles. The summed E-state index contributed by atoms with van der Waals surface area (Å²) in [5.41, 5.74) is 2.38. The maximum atomic E-state index is 14.3. The van der Waals surface area contributed by atoms with E-state index in [1.54, 1.807) is 87.2 Å². The third-order valence-corrected chi connectivity index (χ3v) is 9.67. The molecule has 1 fully saturated rings. The molecule has 16 heteroatoms. The smallest absolute Gasteiger partial charge is 0.326 e. The van der Waals surface area contributed by atoms with Crippen LogP contribution in [0.15, 0.2) is 60.8 Å². The lowest BCUT2D eigenvalue weighted by Gasteiger charge is -2.31. The Morgan fingerprint density at radius 3 is 2.34 bits per heavy atom. The van der Waals surface area contributed by atoms with Crippen LogP contribution in [0.2, 0.25) is 0 Å². The van der Waals surface area contributed by atoms with Crippen LogP contribution in [0.25, 0.3) is 0 Å². The van der Waals surface area contributed by atoms with Gasteiger partial charge in [0.25, 0.3) is 0 Å². The first-order valence-electron chi connectivity index (χ1n) is 17.8. The number of aryl methyl sites for hydroxylation is 1. The summed E-state index contributed by atoms with van der Waals surface area (Å²) in [6.07, 6.45) is 2.17. The normalized spacial score (nSPS) is 22.2. The fraction of sp³-hybridized carbons (Fsp3) is 0.459. The summed E-state index contributed by atoms with van der Waals surface area (Å²) in [6.45, 7) is 5.30. The van der Waals surface area contributed by atoms with E-state index in [9.17, 15) is 33.9 Å². The molecule has 3 aromatic rings. The topological polar surface area (TPSA) is 217 Å². The molecule has 0 spiro atoms. The number of aromatic nitrogens is 3. The largest absolute Gasteiger partial charge is 0.480 e. The minimum atomic E-state index is -1.34. The zero-order valence-corrected chi connectivity index (χ0v) is 30.2. The van der Waals surface area contributed by atoms with Gasteiger partial charge < -0.3 is 36.6 Å². The number of carbonyl (C=O) groups is 6. The van der Waals surface area contributed by atoms with Crippen LogP contribution in [0.5, 0.6) is 0 Å². The third-order valence-electron chi connectivity index (χ3n) is 9.67. The number of nitrogens with zero attached hydrogens (tertiary/aromatic N) is 4. The molecule has 0 aliphatic carbocycles. The van der Waals surface area contributed by atoms with Gasteiger partial charge in [-0.25, -0.2) is 9.48 Å². The number of likely N-dealkylation sites (tertiary alicyclic amines) is 1. The van der Waals surface area contributed by atoms with Crippen LogP contribution in [-0.4, -0.2) is 104 Å². The van der Waals surface area contributed by atoms with Gasteiger partial charge in [-0.05, 0) is 43.1 Å². The second-order valence-corrected chi connectivity index (χ2v) is 13.9. The summed E-state index contributed by atoms with van der Waals surface area (Å²) < 4.78 is 1.57. The van der Waals surface area contributed by atoms with Crippen molar-refractivity contribution in [1.82, 2.24) is 41.2 Å². The molecule has 0 radical (unpaired) electrons. The van der Waals surface area contributed by atoms with Crippen LogP contribution in [0.4, 0.5) is 5.69 Å². The average Bonchev–Trinajstić information content (AvgIpc) is 3.80. The maximum Gasteiger partial charge on any atom is 0.326 e. The summed E-state index contributed by atoms with van der Waals surface area (Å²) >= 11 is 0. The van der Waals surface area contributed by atoms with Gasteiger partial charge in [0.1, 0.15) is 24.2 Å². The number of carboxylic acids is 1. The van der Waals surface area contributed by atoms with Gasteiger partial charge in [-0.1, -0.05) is 61.5 Å². The second-order valence-electron chi connectivity index (χ2n) is 13.9. The summed E-state index contributed by atoms with van der Waals surface area (Å²) in [5.74, 6) is -4.07. The van der Waals surface area contributed by atoms with Gasteiger partial charge in [-0.2, -0.15) is 0 Å². The highest BCUT2D eigenvalue weighted by atomic mass is 16.4. The number of hydrogen-bond donors (Lipinski definition) is 6. The Labute approximate surface area is 307 Å². The van der Waals surface area contributed by atoms with E-state index < -0.39 is 59.9 Å². The number of amides is 5. The van der Waals surface area contributed by atoms with Gasteiger partial charge in [0.05, 0.1) is 17.8 Å². The number of carboxylic acid groups (broad SMARTS) is 1. The Balaban J connectivity index is 1.51. The number of benzene rings is 2. The summed E-state index contributed by atoms with van der Waals surface area (Å²) in [5, 5.41) is 32.6. The molecule has 1 saturated heterocycles. The number of likely N-dealkylation sites (N-methyl/N-ethyl adjacent to an activating group) is 1. The zero-order valence-electron chi connectivity index (χ0n) is 30.2. The van der Waals surface area contributed by atoms with Crippen LogP contribution in [0, 0.1) is 5.92 Å². The molecule has 0 saturated carbocycles. The quantitative estimate of drug-likeness (QED) is 0.190. The summed E-state index contributed by atoms with van der Waals surface area (Å²) in [7, 11) is 1.63. The maximum absolute atomic E-state index is 14.3. The van der Waals surface area contributed by atoms with E-state index in [1.807, 2.05) is 6.07 Å². The average molecular weight is 730 g/mol. The highest BCUT2D eigenvalue weighted by Gasteiger charge is 2.45. The van der Waals surface area contributed by atoms with Crippen LogP contribution in [0.1, 0.15) is 56.5 Å². The van der Waals surface area contributed by atoms with E-state index in [1.165, 1.54) is 4.90 Å². The predicted octanol–water partition coefficient (Wildman–Crippen LogP) is 0.593. The van der Waals surface area contributed by atoms with Crippen molar-refractivity contribution in [3.8, 4) is 0 Å². The minimum absolute atomic E-state index is 0.0439. The third kappa shape index (κ3) is 9.83. The number of rotatable bonds is 8. The highest BCUT2D eigenvalue weighted by Crippen LogP contribution is 2.29. The first-order chi connectivity index (χ1) is 25.3. The van der Waals surface area contributed by atoms with Gasteiger partial charge in [0, 0.05) is 50.5 Å². The van der Waals surface area contributed by atoms with Crippen molar-refractivity contribution < 1.29 is 33.9 Å². The first-order valence-corrected chi connectivity index (χ1v) is 17.8. The molecule has 6 atom stereocenters. The molecule has 4 heterocycles. The fourth-order valence-corrected chi connectivity index (χ4v) is 6.43. The number of carbonyl (C=O) groups excluding carboxylic acids is 5. The Hall–Kier alpha value is -5.64. The van der Waals surface area contributed by atoms with Gasteiger partial charge in [0.2, 0.25) is 29.5 Å². The Morgan fingerprint density at radius 2 is 1.68 bits per heavy atom. The van der Waals surface area contributed by atoms with Crippen molar-refractivity contribution in [2.45, 2.75) is 89.1 Å². The SMILES string of the molecule is CN[C@@H](C)C(=O)N[C@H](C(=O)N1C[C@@H]2C[C@H]1C(=O)N[C@@H](Cc1ccccc1)C(=O)N[C@H](C(=O)O)Cc1ccc(cc1)NC(=O)CCc1cn2nn1)C(C)C. The van der Waals surface area contributed by atoms with Crippen LogP contribution < -0.4 is 26.6 Å². The van der Waals surface area contributed by atoms with Crippen molar-refractivity contribution in [3.05, 3.63) is 77.6 Å². The zero-order chi connectivity index (χ0) is 38.2. The van der Waals surface area contributed by atoms with Crippen molar-refractivity contribution in [2.75, 3.05) is 18.9 Å². The Bertz CT molecular complexity index is 1800. The van der Waals surface area contributed by atoms with E-state index in [2.05, 4.69) is 36.9 Å². The molecule has 0 unspecified atom stereocenters. The van der Waals surface area contributed by atoms with Gasteiger partial charge in [-0.15, -0.1) is 5.10 Å². The predicted molar refractivity (Wildman–Crippen MR) is 193 cm³/mol. The van der Waals surface area contributed by atoms with E-state index in [4.69, 9.17) is 0 Å². The standard InChI is InChI=1S/C37H47N9O7/c1-21(2)32(42-33(48)22(3)38-4)36(51)45-20-27-18-30(45)35(50)40-28(16-23-8-6-5-7-9-23)34(49)41-29(37(52)53)17-24-10-12-25(13-11-24)39-31(47)15-14-26-19-46(27)44-43-26/h5-13,19,21-22,27-30,32,38H,14-18,20H2,1-4H3,(H,39,47)(H,40,50)(H,41,49)(H,42,48)(H,52,53)/t22-,27-,28-,29-,30-,32-/m0/s1. The molecular formula is C37H47N9O7. The number of fused-ring (bicyclic) bond motifs is 11. The second kappa shape index (κ2) is 17.3. The molecular weight excluding hydrogens is 682 g/mol. The Morgan fingerprint density at radius 1 is 0.962 bits per heavy atom. The van der Waals surface area contributed by atoms with Crippen molar-refractivity contribution in [2.24, 2.45) is 5.92 Å². The van der Waals surface area contributed by atoms with E-state index in [-0.39, 0.29) is 56.4 Å². The van der Waals surface area contributed by atoms with Crippen molar-refractivity contribution >= 4 is 41.2 Å². The number of nitrogens with one attached hydrogen (secondary N) is 5. The van der Waals surface area contributed by atoms with Gasteiger partial charge in [0.15, 0.2) is 0 Å². The van der Waals surface area contributed by atoms with Gasteiger partial charge >= 0.3 is 5.97 Å².